The van der Waals surface area contributed by atoms with Crippen LogP contribution in [0.2, 0.25) is 5.02 Å². The first-order valence-electron chi connectivity index (χ1n) is 7.24. The Kier molecular flexibility index (Phi) is 3.82. The van der Waals surface area contributed by atoms with Gasteiger partial charge in [0.05, 0.1) is 6.04 Å². The van der Waals surface area contributed by atoms with E-state index in [1.807, 2.05) is 7.05 Å². The lowest BCUT2D eigenvalue weighted by molar-refractivity contribution is 0.690. The van der Waals surface area contributed by atoms with Crippen LogP contribution in [0.3, 0.4) is 0 Å². The Balaban J connectivity index is 2.03. The smallest absolute Gasteiger partial charge is 0.0589 e. The Morgan fingerprint density at radius 3 is 2.70 bits per heavy atom. The average Bonchev–Trinajstić information content (AvgIpc) is 2.92. The summed E-state index contributed by atoms with van der Waals surface area (Å²) in [6, 6.07) is 13.3. The highest BCUT2D eigenvalue weighted by molar-refractivity contribution is 6.32. The first-order chi connectivity index (χ1) is 9.70. The Labute approximate surface area is 126 Å². The molecule has 2 heteroatoms. The summed E-state index contributed by atoms with van der Waals surface area (Å²) >= 11 is 6.49. The minimum atomic E-state index is 0.160. The minimum Gasteiger partial charge on any atom is -0.309 e. The zero-order valence-corrected chi connectivity index (χ0v) is 12.8. The van der Waals surface area contributed by atoms with Crippen LogP contribution in [0.25, 0.3) is 0 Å². The highest BCUT2D eigenvalue weighted by Gasteiger charge is 2.18. The molecule has 0 heterocycles. The topological polar surface area (TPSA) is 12.0 Å². The molecule has 1 atom stereocenters. The first-order valence-corrected chi connectivity index (χ1v) is 7.62. The van der Waals surface area contributed by atoms with Crippen molar-refractivity contribution in [3.63, 3.8) is 0 Å². The molecule has 0 radical (unpaired) electrons. The summed E-state index contributed by atoms with van der Waals surface area (Å²) in [5.74, 6) is 0. The van der Waals surface area contributed by atoms with Crippen LogP contribution in [0.1, 0.15) is 40.3 Å². The van der Waals surface area contributed by atoms with E-state index in [9.17, 15) is 0 Å². The fraction of sp³-hybridized carbons (Fsp3) is 0.333. The predicted molar refractivity (Wildman–Crippen MR) is 85.6 cm³/mol. The summed E-state index contributed by atoms with van der Waals surface area (Å²) in [6.07, 6.45) is 3.72. The Hall–Kier alpha value is -1.31. The van der Waals surface area contributed by atoms with Gasteiger partial charge in [0.25, 0.3) is 0 Å². The summed E-state index contributed by atoms with van der Waals surface area (Å²) < 4.78 is 0. The van der Waals surface area contributed by atoms with Gasteiger partial charge >= 0.3 is 0 Å². The predicted octanol–water partition coefficient (Wildman–Crippen LogP) is 4.45. The van der Waals surface area contributed by atoms with Gasteiger partial charge in [-0.25, -0.2) is 0 Å². The SMILES string of the molecule is CNC(c1ccc2c(c1)CCC2)c1cccc(C)c1Cl. The van der Waals surface area contributed by atoms with Gasteiger partial charge in [0.1, 0.15) is 0 Å². The number of aryl methyl sites for hydroxylation is 3. The molecule has 0 amide bonds. The van der Waals surface area contributed by atoms with Gasteiger partial charge in [-0.15, -0.1) is 0 Å². The standard InChI is InChI=1S/C18H20ClN/c1-12-5-3-8-16(17(12)19)18(20-2)15-10-9-13-6-4-7-14(13)11-15/h3,5,8-11,18,20H,4,6-7H2,1-2H3. The van der Waals surface area contributed by atoms with Crippen LogP contribution in [-0.2, 0) is 12.8 Å². The second kappa shape index (κ2) is 5.59. The molecular formula is C18H20ClN. The van der Waals surface area contributed by atoms with Crippen LogP contribution in [0.15, 0.2) is 36.4 Å². The monoisotopic (exact) mass is 285 g/mol. The number of benzene rings is 2. The van der Waals surface area contributed by atoms with Gasteiger partial charge < -0.3 is 5.32 Å². The van der Waals surface area contributed by atoms with E-state index in [0.717, 1.165) is 16.1 Å². The van der Waals surface area contributed by atoms with E-state index in [1.54, 1.807) is 0 Å². The molecule has 0 bridgehead atoms. The number of fused-ring (bicyclic) bond motifs is 1. The summed E-state index contributed by atoms with van der Waals surface area (Å²) in [6.45, 7) is 2.06. The maximum Gasteiger partial charge on any atom is 0.0589 e. The van der Waals surface area contributed by atoms with Gasteiger partial charge in [-0.05, 0) is 61.1 Å². The molecule has 0 saturated heterocycles. The molecule has 1 aliphatic carbocycles. The lowest BCUT2D eigenvalue weighted by atomic mass is 9.95. The van der Waals surface area contributed by atoms with Crippen molar-refractivity contribution >= 4 is 11.6 Å². The van der Waals surface area contributed by atoms with Gasteiger partial charge in [0.15, 0.2) is 0 Å². The minimum absolute atomic E-state index is 0.160. The van der Waals surface area contributed by atoms with E-state index in [-0.39, 0.29) is 6.04 Å². The fourth-order valence-corrected chi connectivity index (χ4v) is 3.40. The zero-order valence-electron chi connectivity index (χ0n) is 12.0. The van der Waals surface area contributed by atoms with E-state index < -0.39 is 0 Å². The number of hydrogen-bond donors (Lipinski definition) is 1. The van der Waals surface area contributed by atoms with Crippen LogP contribution in [-0.4, -0.2) is 7.05 Å². The van der Waals surface area contributed by atoms with Gasteiger partial charge in [0, 0.05) is 5.02 Å². The van der Waals surface area contributed by atoms with Crippen molar-refractivity contribution in [3.8, 4) is 0 Å². The highest BCUT2D eigenvalue weighted by atomic mass is 35.5. The van der Waals surface area contributed by atoms with Crippen LogP contribution < -0.4 is 5.32 Å². The van der Waals surface area contributed by atoms with Crippen LogP contribution in [0.4, 0.5) is 0 Å². The fourth-order valence-electron chi connectivity index (χ4n) is 3.17. The molecule has 1 N–H and O–H groups in total. The first kappa shape index (κ1) is 13.7. The van der Waals surface area contributed by atoms with Crippen molar-refractivity contribution in [2.45, 2.75) is 32.2 Å². The van der Waals surface area contributed by atoms with Gasteiger partial charge in [-0.1, -0.05) is 48.0 Å². The second-order valence-corrected chi connectivity index (χ2v) is 5.96. The lowest BCUT2D eigenvalue weighted by Gasteiger charge is -2.20. The summed E-state index contributed by atoms with van der Waals surface area (Å²) in [5.41, 5.74) is 6.61. The normalized spacial score (nSPS) is 15.2. The lowest BCUT2D eigenvalue weighted by Crippen LogP contribution is -2.18. The van der Waals surface area contributed by atoms with E-state index in [1.165, 1.54) is 36.0 Å². The quantitative estimate of drug-likeness (QED) is 0.879. The van der Waals surface area contributed by atoms with Crippen molar-refractivity contribution in [2.75, 3.05) is 7.05 Å². The molecular weight excluding hydrogens is 266 g/mol. The van der Waals surface area contributed by atoms with Gasteiger partial charge in [-0.3, -0.25) is 0 Å². The summed E-state index contributed by atoms with van der Waals surface area (Å²) in [5, 5.41) is 4.28. The summed E-state index contributed by atoms with van der Waals surface area (Å²) in [4.78, 5) is 0. The van der Waals surface area contributed by atoms with Crippen LogP contribution >= 0.6 is 11.6 Å². The largest absolute Gasteiger partial charge is 0.309 e. The summed E-state index contributed by atoms with van der Waals surface area (Å²) in [7, 11) is 2.00. The Bertz CT molecular complexity index is 633. The third kappa shape index (κ3) is 2.36. The third-order valence-corrected chi connectivity index (χ3v) is 4.79. The Morgan fingerprint density at radius 1 is 1.10 bits per heavy atom. The van der Waals surface area contributed by atoms with Crippen molar-refractivity contribution in [3.05, 3.63) is 69.2 Å². The molecule has 1 unspecified atom stereocenters. The molecule has 0 spiro atoms. The average molecular weight is 286 g/mol. The molecule has 2 aromatic rings. The molecule has 0 saturated carbocycles. The molecule has 3 rings (SSSR count). The molecule has 1 aliphatic rings. The van der Waals surface area contributed by atoms with E-state index >= 15 is 0 Å². The van der Waals surface area contributed by atoms with Crippen molar-refractivity contribution < 1.29 is 0 Å². The van der Waals surface area contributed by atoms with Crippen LogP contribution in [0, 0.1) is 6.92 Å². The number of hydrogen-bond acceptors (Lipinski definition) is 1. The zero-order chi connectivity index (χ0) is 14.1. The highest BCUT2D eigenvalue weighted by Crippen LogP contribution is 2.32. The second-order valence-electron chi connectivity index (χ2n) is 5.58. The van der Waals surface area contributed by atoms with Gasteiger partial charge in [-0.2, -0.15) is 0 Å². The van der Waals surface area contributed by atoms with Crippen LogP contribution in [0.5, 0.6) is 0 Å². The Morgan fingerprint density at radius 2 is 1.90 bits per heavy atom. The van der Waals surface area contributed by atoms with Crippen molar-refractivity contribution in [1.29, 1.82) is 0 Å². The molecule has 2 aromatic carbocycles. The molecule has 1 nitrogen and oxygen atoms in total. The van der Waals surface area contributed by atoms with E-state index in [0.29, 0.717) is 0 Å². The molecule has 0 fully saturated rings. The van der Waals surface area contributed by atoms with E-state index in [4.69, 9.17) is 11.6 Å². The number of nitrogens with one attached hydrogen (secondary N) is 1. The maximum absolute atomic E-state index is 6.49. The van der Waals surface area contributed by atoms with E-state index in [2.05, 4.69) is 48.6 Å². The third-order valence-electron chi connectivity index (χ3n) is 4.28. The van der Waals surface area contributed by atoms with Gasteiger partial charge in [0.2, 0.25) is 0 Å². The molecule has 104 valence electrons. The van der Waals surface area contributed by atoms with Crippen molar-refractivity contribution in [2.24, 2.45) is 0 Å². The maximum atomic E-state index is 6.49. The molecule has 0 aromatic heterocycles. The van der Waals surface area contributed by atoms with Crippen molar-refractivity contribution in [1.82, 2.24) is 5.32 Å². The molecule has 0 aliphatic heterocycles. The number of halogens is 1. The number of rotatable bonds is 3. The molecule has 20 heavy (non-hydrogen) atoms.